The van der Waals surface area contributed by atoms with Gasteiger partial charge >= 0.3 is 0 Å². The van der Waals surface area contributed by atoms with E-state index in [1.165, 1.54) is 18.4 Å². The number of aryl methyl sites for hydroxylation is 1. The Morgan fingerprint density at radius 3 is 2.63 bits per heavy atom. The minimum absolute atomic E-state index is 0. The minimum atomic E-state index is 0. The van der Waals surface area contributed by atoms with Crippen LogP contribution in [0.5, 0.6) is 0 Å². The van der Waals surface area contributed by atoms with Crippen molar-refractivity contribution >= 4 is 24.2 Å². The first-order valence-corrected chi connectivity index (χ1v) is 10.0. The zero-order chi connectivity index (χ0) is 18.4. The Bertz CT molecular complexity index is 620. The number of carbonyl (C=O) groups excluding carboxylic acids is 2. The van der Waals surface area contributed by atoms with Gasteiger partial charge in [0, 0.05) is 32.2 Å². The maximum Gasteiger partial charge on any atom is 0.236 e. The lowest BCUT2D eigenvalue weighted by atomic mass is 10.0. The van der Waals surface area contributed by atoms with Crippen molar-refractivity contribution < 1.29 is 9.59 Å². The van der Waals surface area contributed by atoms with Gasteiger partial charge in [-0.05, 0) is 36.8 Å². The average molecular weight is 394 g/mol. The van der Waals surface area contributed by atoms with Crippen LogP contribution in [0.25, 0.3) is 0 Å². The van der Waals surface area contributed by atoms with Gasteiger partial charge in [0.1, 0.15) is 0 Å². The Hall–Kier alpha value is -1.59. The molecule has 27 heavy (non-hydrogen) atoms. The molecule has 0 aromatic heterocycles. The molecule has 2 aliphatic rings. The molecule has 2 aliphatic heterocycles. The third kappa shape index (κ3) is 5.94. The molecule has 0 saturated carbocycles. The van der Waals surface area contributed by atoms with Gasteiger partial charge in [-0.3, -0.25) is 9.59 Å². The standard InChI is InChI=1S/C21H31N3O2.ClH/c1-2-3-5-17-7-9-18(10-8-17)14-20(25)23-12-4-6-19(16-23)24-13-11-22-15-21(24)26;/h7-10,19,22H,2-6,11-16H2,1H3;1H. The predicted molar refractivity (Wildman–Crippen MR) is 110 cm³/mol. The summed E-state index contributed by atoms with van der Waals surface area (Å²) in [4.78, 5) is 28.8. The van der Waals surface area contributed by atoms with Gasteiger partial charge in [0.25, 0.3) is 0 Å². The molecule has 1 unspecified atom stereocenters. The van der Waals surface area contributed by atoms with Gasteiger partial charge in [0.05, 0.1) is 13.0 Å². The van der Waals surface area contributed by atoms with E-state index >= 15 is 0 Å². The van der Waals surface area contributed by atoms with E-state index in [9.17, 15) is 9.59 Å². The highest BCUT2D eigenvalue weighted by molar-refractivity contribution is 5.85. The Morgan fingerprint density at radius 2 is 1.93 bits per heavy atom. The molecular formula is C21H32ClN3O2. The van der Waals surface area contributed by atoms with Gasteiger partial charge in [-0.25, -0.2) is 0 Å². The number of carbonyl (C=O) groups is 2. The van der Waals surface area contributed by atoms with Gasteiger partial charge in [-0.2, -0.15) is 0 Å². The van der Waals surface area contributed by atoms with E-state index in [0.717, 1.165) is 44.5 Å². The zero-order valence-electron chi connectivity index (χ0n) is 16.3. The number of piperazine rings is 1. The van der Waals surface area contributed by atoms with E-state index in [4.69, 9.17) is 0 Å². The van der Waals surface area contributed by atoms with Gasteiger partial charge in [0.15, 0.2) is 0 Å². The van der Waals surface area contributed by atoms with Crippen LogP contribution in [0.4, 0.5) is 0 Å². The van der Waals surface area contributed by atoms with Crippen LogP contribution in [0.15, 0.2) is 24.3 Å². The molecule has 150 valence electrons. The lowest BCUT2D eigenvalue weighted by molar-refractivity contribution is -0.140. The lowest BCUT2D eigenvalue weighted by Gasteiger charge is -2.41. The van der Waals surface area contributed by atoms with E-state index in [2.05, 4.69) is 36.5 Å². The highest BCUT2D eigenvalue weighted by atomic mass is 35.5. The summed E-state index contributed by atoms with van der Waals surface area (Å²) >= 11 is 0. The highest BCUT2D eigenvalue weighted by Crippen LogP contribution is 2.18. The first-order valence-electron chi connectivity index (χ1n) is 10.0. The lowest BCUT2D eigenvalue weighted by Crippen LogP contribution is -2.57. The van der Waals surface area contributed by atoms with Crippen LogP contribution in [-0.2, 0) is 22.4 Å². The molecule has 1 aromatic rings. The van der Waals surface area contributed by atoms with Crippen LogP contribution in [-0.4, -0.2) is 60.4 Å². The van der Waals surface area contributed by atoms with E-state index < -0.39 is 0 Å². The number of hydrogen-bond acceptors (Lipinski definition) is 3. The minimum Gasteiger partial charge on any atom is -0.340 e. The van der Waals surface area contributed by atoms with Crippen LogP contribution in [0.1, 0.15) is 43.7 Å². The number of benzene rings is 1. The number of amides is 2. The molecule has 0 aliphatic carbocycles. The number of nitrogens with zero attached hydrogens (tertiary/aromatic N) is 2. The number of hydrogen-bond donors (Lipinski definition) is 1. The maximum atomic E-state index is 12.7. The van der Waals surface area contributed by atoms with Crippen molar-refractivity contribution in [1.29, 1.82) is 0 Å². The summed E-state index contributed by atoms with van der Waals surface area (Å²) in [6.07, 6.45) is 5.95. The number of halogens is 1. The summed E-state index contributed by atoms with van der Waals surface area (Å²) in [5.41, 5.74) is 2.42. The zero-order valence-corrected chi connectivity index (χ0v) is 17.1. The fraction of sp³-hybridized carbons (Fsp3) is 0.619. The normalized spacial score (nSPS) is 20.3. The fourth-order valence-corrected chi connectivity index (χ4v) is 3.93. The second kappa shape index (κ2) is 10.7. The first kappa shape index (κ1) is 21.7. The van der Waals surface area contributed by atoms with Crippen molar-refractivity contribution in [2.24, 2.45) is 0 Å². The summed E-state index contributed by atoms with van der Waals surface area (Å²) in [7, 11) is 0. The number of likely N-dealkylation sites (tertiary alicyclic amines) is 1. The summed E-state index contributed by atoms with van der Waals surface area (Å²) in [5.74, 6) is 0.344. The molecule has 3 rings (SSSR count). The molecule has 1 N–H and O–H groups in total. The number of piperidine rings is 1. The van der Waals surface area contributed by atoms with Crippen molar-refractivity contribution in [3.8, 4) is 0 Å². The molecule has 0 bridgehead atoms. The van der Waals surface area contributed by atoms with Crippen molar-refractivity contribution in [3.63, 3.8) is 0 Å². The molecular weight excluding hydrogens is 362 g/mol. The van der Waals surface area contributed by atoms with Gasteiger partial charge < -0.3 is 15.1 Å². The Kier molecular flexibility index (Phi) is 8.58. The topological polar surface area (TPSA) is 52.7 Å². The third-order valence-corrected chi connectivity index (χ3v) is 5.51. The van der Waals surface area contributed by atoms with Crippen LogP contribution in [0, 0.1) is 0 Å². The van der Waals surface area contributed by atoms with E-state index in [1.54, 1.807) is 0 Å². The maximum absolute atomic E-state index is 12.7. The second-order valence-electron chi connectivity index (χ2n) is 7.50. The highest BCUT2D eigenvalue weighted by Gasteiger charge is 2.31. The van der Waals surface area contributed by atoms with E-state index in [-0.39, 0.29) is 30.3 Å². The molecule has 1 atom stereocenters. The van der Waals surface area contributed by atoms with E-state index in [0.29, 0.717) is 19.5 Å². The molecule has 2 fully saturated rings. The van der Waals surface area contributed by atoms with Gasteiger partial charge in [-0.1, -0.05) is 37.6 Å². The summed E-state index contributed by atoms with van der Waals surface area (Å²) in [5, 5.41) is 3.12. The van der Waals surface area contributed by atoms with Gasteiger partial charge in [-0.15, -0.1) is 12.4 Å². The summed E-state index contributed by atoms with van der Waals surface area (Å²) in [6, 6.07) is 8.65. The second-order valence-corrected chi connectivity index (χ2v) is 7.50. The molecule has 6 heteroatoms. The quantitative estimate of drug-likeness (QED) is 0.807. The van der Waals surface area contributed by atoms with Crippen molar-refractivity contribution in [3.05, 3.63) is 35.4 Å². The number of nitrogens with one attached hydrogen (secondary N) is 1. The monoisotopic (exact) mass is 393 g/mol. The molecule has 2 heterocycles. The van der Waals surface area contributed by atoms with E-state index in [1.807, 2.05) is 9.80 Å². The Balaban J connectivity index is 0.00000261. The third-order valence-electron chi connectivity index (χ3n) is 5.51. The van der Waals surface area contributed by atoms with Crippen LogP contribution >= 0.6 is 12.4 Å². The van der Waals surface area contributed by atoms with Crippen LogP contribution in [0.2, 0.25) is 0 Å². The largest absolute Gasteiger partial charge is 0.340 e. The van der Waals surface area contributed by atoms with Crippen molar-refractivity contribution in [1.82, 2.24) is 15.1 Å². The Labute approximate surface area is 168 Å². The fourth-order valence-electron chi connectivity index (χ4n) is 3.93. The molecule has 1 aromatic carbocycles. The van der Waals surface area contributed by atoms with Crippen LogP contribution < -0.4 is 5.32 Å². The molecule has 0 spiro atoms. The first-order chi connectivity index (χ1) is 12.7. The molecule has 2 amide bonds. The summed E-state index contributed by atoms with van der Waals surface area (Å²) < 4.78 is 0. The predicted octanol–water partition coefficient (Wildman–Crippen LogP) is 2.42. The molecule has 0 radical (unpaired) electrons. The van der Waals surface area contributed by atoms with Crippen molar-refractivity contribution in [2.75, 3.05) is 32.7 Å². The average Bonchev–Trinajstić information content (AvgIpc) is 2.68. The SMILES string of the molecule is CCCCc1ccc(CC(=O)N2CCCC(N3CCNCC3=O)C2)cc1.Cl. The smallest absolute Gasteiger partial charge is 0.236 e. The summed E-state index contributed by atoms with van der Waals surface area (Å²) in [6.45, 7) is 5.72. The molecule has 5 nitrogen and oxygen atoms in total. The molecule has 2 saturated heterocycles. The van der Waals surface area contributed by atoms with Crippen LogP contribution in [0.3, 0.4) is 0 Å². The van der Waals surface area contributed by atoms with Crippen molar-refractivity contribution in [2.45, 2.75) is 51.5 Å². The van der Waals surface area contributed by atoms with Gasteiger partial charge in [0.2, 0.25) is 11.8 Å². The number of unbranched alkanes of at least 4 members (excludes halogenated alkanes) is 1. The Morgan fingerprint density at radius 1 is 1.19 bits per heavy atom. The number of rotatable bonds is 6.